The maximum Gasteiger partial charge on any atom is 0.0658 e. The highest BCUT2D eigenvalue weighted by molar-refractivity contribution is 5.86. The van der Waals surface area contributed by atoms with Crippen LogP contribution in [0.3, 0.4) is 0 Å². The molecule has 1 aromatic carbocycles. The molecule has 0 spiro atoms. The summed E-state index contributed by atoms with van der Waals surface area (Å²) in [5.41, 5.74) is 4.96. The highest BCUT2D eigenvalue weighted by atomic mass is 14.7. The zero-order valence-electron chi connectivity index (χ0n) is 11.3. The first-order valence-electron chi connectivity index (χ1n) is 6.07. The smallest absolute Gasteiger partial charge is 0.0658 e. The van der Waals surface area contributed by atoms with Crippen molar-refractivity contribution < 1.29 is 0 Å². The molecule has 1 heteroatoms. The third-order valence-corrected chi connectivity index (χ3v) is 3.02. The van der Waals surface area contributed by atoms with E-state index in [4.69, 9.17) is 0 Å². The second kappa shape index (κ2) is 5.29. The van der Waals surface area contributed by atoms with E-state index in [0.29, 0.717) is 11.8 Å². The second-order valence-corrected chi connectivity index (χ2v) is 5.11. The van der Waals surface area contributed by atoms with Crippen LogP contribution in [0, 0.1) is 12.8 Å². The van der Waals surface area contributed by atoms with E-state index in [1.54, 1.807) is 0 Å². The number of aryl methyl sites for hydroxylation is 1. The minimum absolute atomic E-state index is 0.518. The number of benzene rings is 1. The second-order valence-electron chi connectivity index (χ2n) is 5.11. The Morgan fingerprint density at radius 2 is 1.75 bits per heavy atom. The SMILES string of the molecule is CC(=Nc1ccc(C(C)C)cc1C)C(C)C. The van der Waals surface area contributed by atoms with Gasteiger partial charge in [0.15, 0.2) is 0 Å². The molecule has 0 amide bonds. The molecule has 0 N–H and O–H groups in total. The lowest BCUT2D eigenvalue weighted by Gasteiger charge is -2.10. The van der Waals surface area contributed by atoms with Gasteiger partial charge in [-0.15, -0.1) is 0 Å². The van der Waals surface area contributed by atoms with Crippen molar-refractivity contribution in [3.63, 3.8) is 0 Å². The molecule has 0 saturated heterocycles. The van der Waals surface area contributed by atoms with Crippen molar-refractivity contribution in [1.82, 2.24) is 0 Å². The fourth-order valence-electron chi connectivity index (χ4n) is 1.48. The fraction of sp³-hybridized carbons (Fsp3) is 0.533. The summed E-state index contributed by atoms with van der Waals surface area (Å²) in [5, 5.41) is 0. The van der Waals surface area contributed by atoms with Gasteiger partial charge in [0.05, 0.1) is 5.69 Å². The predicted octanol–water partition coefficient (Wildman–Crippen LogP) is 4.87. The van der Waals surface area contributed by atoms with Crippen molar-refractivity contribution in [2.75, 3.05) is 0 Å². The molecule has 0 aliphatic rings. The third kappa shape index (κ3) is 3.19. The summed E-state index contributed by atoms with van der Waals surface area (Å²) in [6, 6.07) is 6.57. The van der Waals surface area contributed by atoms with Gasteiger partial charge in [0.25, 0.3) is 0 Å². The molecule has 0 aliphatic carbocycles. The van der Waals surface area contributed by atoms with Crippen LogP contribution in [0.1, 0.15) is 51.7 Å². The third-order valence-electron chi connectivity index (χ3n) is 3.02. The lowest BCUT2D eigenvalue weighted by Crippen LogP contribution is -2.01. The topological polar surface area (TPSA) is 12.4 Å². The van der Waals surface area contributed by atoms with Gasteiger partial charge in [-0.25, -0.2) is 0 Å². The minimum atomic E-state index is 0.518. The van der Waals surface area contributed by atoms with Gasteiger partial charge >= 0.3 is 0 Å². The Kier molecular flexibility index (Phi) is 4.28. The molecule has 0 bridgehead atoms. The molecular weight excluding hydrogens is 194 g/mol. The van der Waals surface area contributed by atoms with Crippen LogP contribution in [0.25, 0.3) is 0 Å². The van der Waals surface area contributed by atoms with Crippen molar-refractivity contribution in [3.8, 4) is 0 Å². The molecule has 0 atom stereocenters. The molecule has 1 nitrogen and oxygen atoms in total. The van der Waals surface area contributed by atoms with Gasteiger partial charge in [-0.05, 0) is 42.9 Å². The standard InChI is InChI=1S/C15H23N/c1-10(2)13(6)16-15-8-7-14(11(3)4)9-12(15)5/h7-11H,1-6H3. The number of hydrogen-bond donors (Lipinski definition) is 0. The van der Waals surface area contributed by atoms with Crippen LogP contribution >= 0.6 is 0 Å². The molecule has 1 aromatic rings. The maximum atomic E-state index is 4.68. The van der Waals surface area contributed by atoms with Crippen LogP contribution in [0.4, 0.5) is 5.69 Å². The summed E-state index contributed by atoms with van der Waals surface area (Å²) < 4.78 is 0. The first kappa shape index (κ1) is 13.0. The van der Waals surface area contributed by atoms with Gasteiger partial charge < -0.3 is 0 Å². The Labute approximate surface area is 99.6 Å². The summed E-state index contributed by atoms with van der Waals surface area (Å²) in [7, 11) is 0. The van der Waals surface area contributed by atoms with E-state index in [2.05, 4.69) is 64.7 Å². The monoisotopic (exact) mass is 217 g/mol. The first-order chi connectivity index (χ1) is 7.41. The van der Waals surface area contributed by atoms with Crippen LogP contribution in [-0.4, -0.2) is 5.71 Å². The molecule has 0 saturated carbocycles. The summed E-state index contributed by atoms with van der Waals surface area (Å²) in [6.07, 6.45) is 0. The molecule has 0 unspecified atom stereocenters. The lowest BCUT2D eigenvalue weighted by atomic mass is 10.0. The van der Waals surface area contributed by atoms with Crippen molar-refractivity contribution >= 4 is 11.4 Å². The number of nitrogens with zero attached hydrogens (tertiary/aromatic N) is 1. The maximum absolute atomic E-state index is 4.68. The summed E-state index contributed by atoms with van der Waals surface area (Å²) >= 11 is 0. The lowest BCUT2D eigenvalue weighted by molar-refractivity contribution is 0.864. The molecule has 0 radical (unpaired) electrons. The quantitative estimate of drug-likeness (QED) is 0.641. The summed E-state index contributed by atoms with van der Waals surface area (Å²) in [6.45, 7) is 13.0. The van der Waals surface area contributed by atoms with Gasteiger partial charge in [0.1, 0.15) is 0 Å². The molecule has 0 heterocycles. The largest absolute Gasteiger partial charge is 0.258 e. The van der Waals surface area contributed by atoms with E-state index in [0.717, 1.165) is 5.69 Å². The normalized spacial score (nSPS) is 12.6. The van der Waals surface area contributed by atoms with Gasteiger partial charge in [0.2, 0.25) is 0 Å². The minimum Gasteiger partial charge on any atom is -0.258 e. The van der Waals surface area contributed by atoms with Gasteiger partial charge in [-0.1, -0.05) is 39.8 Å². The summed E-state index contributed by atoms with van der Waals surface area (Å²) in [5.74, 6) is 1.10. The first-order valence-corrected chi connectivity index (χ1v) is 6.07. The van der Waals surface area contributed by atoms with Gasteiger partial charge in [0, 0.05) is 5.71 Å². The predicted molar refractivity (Wildman–Crippen MR) is 72.9 cm³/mol. The molecule has 0 aliphatic heterocycles. The molecule has 1 rings (SSSR count). The Bertz CT molecular complexity index is 386. The zero-order chi connectivity index (χ0) is 12.3. The van der Waals surface area contributed by atoms with Crippen LogP contribution in [0.15, 0.2) is 23.2 Å². The Balaban J connectivity index is 3.05. The van der Waals surface area contributed by atoms with E-state index < -0.39 is 0 Å². The Morgan fingerprint density at radius 1 is 1.12 bits per heavy atom. The van der Waals surface area contributed by atoms with Crippen molar-refractivity contribution in [2.45, 2.75) is 47.5 Å². The van der Waals surface area contributed by atoms with E-state index in [-0.39, 0.29) is 0 Å². The van der Waals surface area contributed by atoms with E-state index in [1.165, 1.54) is 16.8 Å². The molecule has 16 heavy (non-hydrogen) atoms. The molecule has 88 valence electrons. The molecule has 0 aromatic heterocycles. The van der Waals surface area contributed by atoms with Crippen LogP contribution in [0.5, 0.6) is 0 Å². The molecular formula is C15H23N. The van der Waals surface area contributed by atoms with E-state index in [1.807, 2.05) is 0 Å². The van der Waals surface area contributed by atoms with Gasteiger partial charge in [-0.2, -0.15) is 0 Å². The van der Waals surface area contributed by atoms with Crippen molar-refractivity contribution in [1.29, 1.82) is 0 Å². The average molecular weight is 217 g/mol. The zero-order valence-corrected chi connectivity index (χ0v) is 11.3. The van der Waals surface area contributed by atoms with E-state index >= 15 is 0 Å². The van der Waals surface area contributed by atoms with Crippen LogP contribution in [-0.2, 0) is 0 Å². The van der Waals surface area contributed by atoms with Crippen molar-refractivity contribution in [3.05, 3.63) is 29.3 Å². The number of rotatable bonds is 3. The van der Waals surface area contributed by atoms with E-state index in [9.17, 15) is 0 Å². The van der Waals surface area contributed by atoms with Crippen LogP contribution < -0.4 is 0 Å². The molecule has 0 fully saturated rings. The fourth-order valence-corrected chi connectivity index (χ4v) is 1.48. The highest BCUT2D eigenvalue weighted by Crippen LogP contribution is 2.24. The van der Waals surface area contributed by atoms with Gasteiger partial charge in [-0.3, -0.25) is 4.99 Å². The number of aliphatic imine (C=N–C) groups is 1. The number of hydrogen-bond acceptors (Lipinski definition) is 1. The van der Waals surface area contributed by atoms with Crippen LogP contribution in [0.2, 0.25) is 0 Å². The average Bonchev–Trinajstić information content (AvgIpc) is 2.20. The Hall–Kier alpha value is -1.11. The highest BCUT2D eigenvalue weighted by Gasteiger charge is 2.04. The van der Waals surface area contributed by atoms with Crippen molar-refractivity contribution in [2.24, 2.45) is 10.9 Å². The summed E-state index contributed by atoms with van der Waals surface area (Å²) in [4.78, 5) is 4.68. The Morgan fingerprint density at radius 3 is 2.19 bits per heavy atom.